The highest BCUT2D eigenvalue weighted by atomic mass is 32.1. The average Bonchev–Trinajstić information content (AvgIpc) is 3.37. The molecule has 0 atom stereocenters. The van der Waals surface area contributed by atoms with E-state index in [0.29, 0.717) is 17.1 Å². The van der Waals surface area contributed by atoms with Crippen LogP contribution < -0.4 is 15.8 Å². The Morgan fingerprint density at radius 3 is 2.35 bits per heavy atom. The molecule has 9 heteroatoms. The fourth-order valence-electron chi connectivity index (χ4n) is 3.23. The van der Waals surface area contributed by atoms with Crippen molar-refractivity contribution in [1.29, 1.82) is 0 Å². The van der Waals surface area contributed by atoms with Crippen molar-refractivity contribution in [3.8, 4) is 5.75 Å². The quantitative estimate of drug-likeness (QED) is 0.432. The van der Waals surface area contributed by atoms with Gasteiger partial charge in [0.2, 0.25) is 0 Å². The van der Waals surface area contributed by atoms with Gasteiger partial charge in [-0.3, -0.25) is 9.59 Å². The molecule has 0 aliphatic rings. The van der Waals surface area contributed by atoms with Crippen LogP contribution in [0.15, 0.2) is 40.8 Å². The number of nitrogens with two attached hydrogens (primary N) is 1. The number of rotatable bonds is 8. The molecule has 3 N–H and O–H groups in total. The van der Waals surface area contributed by atoms with E-state index in [9.17, 15) is 14.4 Å². The number of amides is 2. The molecule has 2 heterocycles. The first-order valence-corrected chi connectivity index (χ1v) is 11.6. The first-order valence-electron chi connectivity index (χ1n) is 10.7. The van der Waals surface area contributed by atoms with Gasteiger partial charge in [-0.05, 0) is 54.7 Å². The molecule has 0 radical (unpaired) electrons. The van der Waals surface area contributed by atoms with E-state index in [1.807, 2.05) is 24.3 Å². The van der Waals surface area contributed by atoms with Crippen LogP contribution in [0.2, 0.25) is 0 Å². The zero-order chi connectivity index (χ0) is 25.0. The van der Waals surface area contributed by atoms with E-state index >= 15 is 0 Å². The lowest BCUT2D eigenvalue weighted by molar-refractivity contribution is 0.0527. The summed E-state index contributed by atoms with van der Waals surface area (Å²) in [5, 5.41) is 2.80. The Bertz CT molecular complexity index is 1200. The second kappa shape index (κ2) is 10.1. The largest absolute Gasteiger partial charge is 0.486 e. The monoisotopic (exact) mass is 484 g/mol. The lowest BCUT2D eigenvalue weighted by Gasteiger charge is -2.19. The van der Waals surface area contributed by atoms with Gasteiger partial charge in [-0.1, -0.05) is 32.9 Å². The molecule has 8 nitrogen and oxygen atoms in total. The molecule has 0 spiro atoms. The average molecular weight is 485 g/mol. The number of primary amides is 1. The van der Waals surface area contributed by atoms with Crippen molar-refractivity contribution in [3.63, 3.8) is 0 Å². The van der Waals surface area contributed by atoms with E-state index in [4.69, 9.17) is 19.6 Å². The number of benzene rings is 1. The topological polar surface area (TPSA) is 121 Å². The molecule has 34 heavy (non-hydrogen) atoms. The van der Waals surface area contributed by atoms with E-state index in [-0.39, 0.29) is 39.8 Å². The van der Waals surface area contributed by atoms with Crippen molar-refractivity contribution in [3.05, 3.63) is 69.5 Å². The maximum Gasteiger partial charge on any atom is 0.341 e. The molecule has 180 valence electrons. The van der Waals surface area contributed by atoms with Gasteiger partial charge >= 0.3 is 5.97 Å². The molecule has 3 aromatic rings. The molecule has 0 saturated heterocycles. The predicted molar refractivity (Wildman–Crippen MR) is 130 cm³/mol. The molecule has 2 aromatic heterocycles. The van der Waals surface area contributed by atoms with Crippen LogP contribution in [0.1, 0.15) is 75.2 Å². The minimum Gasteiger partial charge on any atom is -0.486 e. The Kier molecular flexibility index (Phi) is 7.46. The highest BCUT2D eigenvalue weighted by molar-refractivity contribution is 7.18. The first kappa shape index (κ1) is 25.0. The van der Waals surface area contributed by atoms with Crippen LogP contribution in [0.4, 0.5) is 5.00 Å². The molecular formula is C25H28N2O6S. The van der Waals surface area contributed by atoms with Crippen molar-refractivity contribution in [2.24, 2.45) is 5.73 Å². The van der Waals surface area contributed by atoms with Gasteiger partial charge in [-0.15, -0.1) is 11.3 Å². The highest BCUT2D eigenvalue weighted by Gasteiger charge is 2.26. The Hall–Kier alpha value is -3.59. The second-order valence-electron chi connectivity index (χ2n) is 8.63. The fraction of sp³-hybridized carbons (Fsp3) is 0.320. The Morgan fingerprint density at radius 2 is 1.76 bits per heavy atom. The molecule has 0 bridgehead atoms. The summed E-state index contributed by atoms with van der Waals surface area (Å²) in [6.45, 7) is 9.95. The van der Waals surface area contributed by atoms with Crippen molar-refractivity contribution in [1.82, 2.24) is 0 Å². The van der Waals surface area contributed by atoms with Crippen molar-refractivity contribution < 1.29 is 28.3 Å². The minimum atomic E-state index is -0.693. The number of hydrogen-bond acceptors (Lipinski definition) is 7. The number of ether oxygens (including phenoxy) is 2. The van der Waals surface area contributed by atoms with Gasteiger partial charge in [-0.25, -0.2) is 4.79 Å². The van der Waals surface area contributed by atoms with E-state index in [1.54, 1.807) is 19.9 Å². The van der Waals surface area contributed by atoms with Gasteiger partial charge in [0.15, 0.2) is 5.76 Å². The summed E-state index contributed by atoms with van der Waals surface area (Å²) >= 11 is 0.915. The molecule has 0 unspecified atom stereocenters. The molecule has 0 saturated carbocycles. The molecule has 0 aliphatic carbocycles. The van der Waals surface area contributed by atoms with Crippen LogP contribution in [-0.2, 0) is 16.8 Å². The number of hydrogen-bond donors (Lipinski definition) is 2. The Labute approximate surface area is 202 Å². The normalized spacial score (nSPS) is 11.2. The zero-order valence-electron chi connectivity index (χ0n) is 19.8. The van der Waals surface area contributed by atoms with Gasteiger partial charge in [0.1, 0.15) is 23.1 Å². The molecule has 1 aromatic carbocycles. The zero-order valence-corrected chi connectivity index (χ0v) is 20.6. The SMILES string of the molecule is CCOC(=O)c1c(NC(=O)c2ccc(COc3ccc(C(C)(C)C)cc3)o2)sc(C(N)=O)c1C. The first-order chi connectivity index (χ1) is 16.0. The van der Waals surface area contributed by atoms with E-state index in [1.165, 1.54) is 11.6 Å². The number of carbonyl (C=O) groups excluding carboxylic acids is 3. The summed E-state index contributed by atoms with van der Waals surface area (Å²) in [6, 6.07) is 11.0. The van der Waals surface area contributed by atoms with Crippen LogP contribution in [0.25, 0.3) is 0 Å². The highest BCUT2D eigenvalue weighted by Crippen LogP contribution is 2.34. The summed E-state index contributed by atoms with van der Waals surface area (Å²) in [6.07, 6.45) is 0. The molecule has 0 fully saturated rings. The summed E-state index contributed by atoms with van der Waals surface area (Å²) < 4.78 is 16.4. The van der Waals surface area contributed by atoms with Crippen molar-refractivity contribution in [2.75, 3.05) is 11.9 Å². The van der Waals surface area contributed by atoms with Crippen LogP contribution in [-0.4, -0.2) is 24.4 Å². The van der Waals surface area contributed by atoms with E-state index < -0.39 is 17.8 Å². The number of thiophene rings is 1. The smallest absolute Gasteiger partial charge is 0.341 e. The van der Waals surface area contributed by atoms with Crippen molar-refractivity contribution >= 4 is 34.1 Å². The summed E-state index contributed by atoms with van der Waals surface area (Å²) in [7, 11) is 0. The third kappa shape index (κ3) is 5.66. The maximum absolute atomic E-state index is 12.7. The van der Waals surface area contributed by atoms with E-state index in [0.717, 1.165) is 11.3 Å². The lowest BCUT2D eigenvalue weighted by atomic mass is 9.87. The third-order valence-electron chi connectivity index (χ3n) is 5.06. The van der Waals surface area contributed by atoms with Crippen LogP contribution in [0.5, 0.6) is 5.75 Å². The van der Waals surface area contributed by atoms with Gasteiger partial charge in [0.25, 0.3) is 11.8 Å². The summed E-state index contributed by atoms with van der Waals surface area (Å²) in [4.78, 5) is 37.0. The molecule has 2 amide bonds. The Morgan fingerprint density at radius 1 is 1.09 bits per heavy atom. The number of furan rings is 1. The number of esters is 1. The van der Waals surface area contributed by atoms with E-state index in [2.05, 4.69) is 26.1 Å². The predicted octanol–water partition coefficient (Wildman–Crippen LogP) is 5.05. The van der Waals surface area contributed by atoms with Gasteiger partial charge in [0.05, 0.1) is 17.0 Å². The maximum atomic E-state index is 12.7. The molecular weight excluding hydrogens is 456 g/mol. The van der Waals surface area contributed by atoms with Gasteiger partial charge in [-0.2, -0.15) is 0 Å². The standard InChI is InChI=1S/C25H28N2O6S/c1-6-31-24(30)19-14(2)20(21(26)28)34-23(19)27-22(29)18-12-11-17(33-18)13-32-16-9-7-15(8-10-16)25(3,4)5/h7-12H,6,13H2,1-5H3,(H2,26,28)(H,27,29). The van der Waals surface area contributed by atoms with Crippen molar-refractivity contribution in [2.45, 2.75) is 46.6 Å². The van der Waals surface area contributed by atoms with Crippen LogP contribution in [0, 0.1) is 6.92 Å². The number of nitrogens with one attached hydrogen (secondary N) is 1. The third-order valence-corrected chi connectivity index (χ3v) is 6.29. The second-order valence-corrected chi connectivity index (χ2v) is 9.65. The lowest BCUT2D eigenvalue weighted by Crippen LogP contribution is -2.14. The number of anilines is 1. The van der Waals surface area contributed by atoms with Gasteiger partial charge in [0, 0.05) is 0 Å². The Balaban J connectivity index is 1.70. The van der Waals surface area contributed by atoms with Gasteiger partial charge < -0.3 is 24.9 Å². The van der Waals surface area contributed by atoms with Crippen LogP contribution >= 0.6 is 11.3 Å². The number of carbonyl (C=O) groups is 3. The van der Waals surface area contributed by atoms with Crippen LogP contribution in [0.3, 0.4) is 0 Å². The summed E-state index contributed by atoms with van der Waals surface area (Å²) in [5.74, 6) is -0.753. The fourth-order valence-corrected chi connectivity index (χ4v) is 4.28. The molecule has 3 rings (SSSR count). The summed E-state index contributed by atoms with van der Waals surface area (Å²) in [5.41, 5.74) is 7.11. The molecule has 0 aliphatic heterocycles. The minimum absolute atomic E-state index is 0.0307.